The van der Waals surface area contributed by atoms with Gasteiger partial charge >= 0.3 is 6.03 Å². The first-order valence-corrected chi connectivity index (χ1v) is 7.11. The number of nitrogens with zero attached hydrogens (tertiary/aromatic N) is 2. The summed E-state index contributed by atoms with van der Waals surface area (Å²) in [4.78, 5) is 12.1. The summed E-state index contributed by atoms with van der Waals surface area (Å²) in [6, 6.07) is -0.260. The Morgan fingerprint density at radius 2 is 2.05 bits per heavy atom. The highest BCUT2D eigenvalue weighted by atomic mass is 16.3. The second-order valence-electron chi connectivity index (χ2n) is 5.33. The Balaban J connectivity index is 2.79. The van der Waals surface area contributed by atoms with Crippen molar-refractivity contribution in [3.63, 3.8) is 0 Å². The van der Waals surface area contributed by atoms with Crippen molar-refractivity contribution in [1.29, 1.82) is 0 Å². The Bertz CT molecular complexity index is 470. The third kappa shape index (κ3) is 3.72. The number of nitrogens with one attached hydrogen (secondary N) is 2. The Kier molecular flexibility index (Phi) is 5.56. The van der Waals surface area contributed by atoms with Crippen molar-refractivity contribution in [2.75, 3.05) is 11.9 Å². The van der Waals surface area contributed by atoms with Crippen molar-refractivity contribution >= 4 is 11.7 Å². The molecule has 0 saturated heterocycles. The summed E-state index contributed by atoms with van der Waals surface area (Å²) in [5.74, 6) is 0. The van der Waals surface area contributed by atoms with Gasteiger partial charge in [-0.2, -0.15) is 5.10 Å². The maximum absolute atomic E-state index is 12.1. The smallest absolute Gasteiger partial charge is 0.319 e. The number of aliphatic hydroxyl groups excluding tert-OH is 1. The van der Waals surface area contributed by atoms with Crippen molar-refractivity contribution in [1.82, 2.24) is 15.1 Å². The van der Waals surface area contributed by atoms with Gasteiger partial charge in [0.15, 0.2) is 0 Å². The van der Waals surface area contributed by atoms with Gasteiger partial charge < -0.3 is 15.7 Å². The van der Waals surface area contributed by atoms with E-state index in [9.17, 15) is 4.79 Å². The fraction of sp³-hybridized carbons (Fsp3) is 0.714. The second kappa shape index (κ2) is 6.74. The zero-order valence-corrected chi connectivity index (χ0v) is 13.1. The summed E-state index contributed by atoms with van der Waals surface area (Å²) in [6.07, 6.45) is 1.29. The summed E-state index contributed by atoms with van der Waals surface area (Å²) in [5, 5.41) is 19.2. The molecule has 2 amide bonds. The largest absolute Gasteiger partial charge is 0.396 e. The van der Waals surface area contributed by atoms with Crippen molar-refractivity contribution in [3.8, 4) is 0 Å². The number of urea groups is 1. The lowest BCUT2D eigenvalue weighted by Crippen LogP contribution is -2.48. The molecule has 1 aromatic heterocycles. The molecule has 114 valence electrons. The molecule has 3 N–H and O–H groups in total. The van der Waals surface area contributed by atoms with Crippen LogP contribution in [0.4, 0.5) is 10.5 Å². The van der Waals surface area contributed by atoms with Crippen LogP contribution in [-0.4, -0.2) is 33.1 Å². The molecule has 20 heavy (non-hydrogen) atoms. The summed E-state index contributed by atoms with van der Waals surface area (Å²) in [5.41, 5.74) is 2.11. The van der Waals surface area contributed by atoms with Gasteiger partial charge in [-0.1, -0.05) is 6.92 Å². The molecule has 0 aliphatic carbocycles. The molecule has 0 fully saturated rings. The van der Waals surface area contributed by atoms with Crippen LogP contribution in [0.15, 0.2) is 0 Å². The lowest BCUT2D eigenvalue weighted by molar-refractivity contribution is 0.208. The molecule has 1 rings (SSSR count). The van der Waals surface area contributed by atoms with Crippen LogP contribution in [0.25, 0.3) is 0 Å². The van der Waals surface area contributed by atoms with Crippen LogP contribution in [0, 0.1) is 13.8 Å². The van der Waals surface area contributed by atoms with Gasteiger partial charge in [0.25, 0.3) is 0 Å². The van der Waals surface area contributed by atoms with E-state index in [-0.39, 0.29) is 12.6 Å². The first-order valence-electron chi connectivity index (χ1n) is 7.11. The Morgan fingerprint density at radius 1 is 1.40 bits per heavy atom. The number of amides is 2. The number of hydrogen-bond acceptors (Lipinski definition) is 3. The summed E-state index contributed by atoms with van der Waals surface area (Å²) < 4.78 is 1.86. The Labute approximate surface area is 120 Å². The molecule has 0 radical (unpaired) electrons. The van der Waals surface area contributed by atoms with E-state index >= 15 is 0 Å². The highest BCUT2D eigenvalue weighted by Gasteiger charge is 2.24. The maximum Gasteiger partial charge on any atom is 0.319 e. The lowest BCUT2D eigenvalue weighted by atomic mass is 9.95. The van der Waals surface area contributed by atoms with Crippen LogP contribution >= 0.6 is 0 Å². The van der Waals surface area contributed by atoms with Crippen LogP contribution in [0.1, 0.15) is 45.0 Å². The second-order valence-corrected chi connectivity index (χ2v) is 5.33. The number of aromatic nitrogens is 2. The van der Waals surface area contributed by atoms with Gasteiger partial charge in [0.1, 0.15) is 0 Å². The molecular formula is C14H26N4O2. The SMILES string of the molecule is CCn1nc(C)c(NC(=O)NC(C)(CC)CCO)c1C. The molecule has 1 unspecified atom stereocenters. The monoisotopic (exact) mass is 282 g/mol. The van der Waals surface area contributed by atoms with E-state index < -0.39 is 5.54 Å². The lowest BCUT2D eigenvalue weighted by Gasteiger charge is -2.29. The number of carbonyl (C=O) groups excluding carboxylic acids is 1. The van der Waals surface area contributed by atoms with E-state index in [1.807, 2.05) is 39.3 Å². The van der Waals surface area contributed by atoms with Gasteiger partial charge in [0.2, 0.25) is 0 Å². The van der Waals surface area contributed by atoms with Gasteiger partial charge in [0, 0.05) is 18.7 Å². The van der Waals surface area contributed by atoms with Gasteiger partial charge in [-0.05, 0) is 40.5 Å². The summed E-state index contributed by atoms with van der Waals surface area (Å²) in [6.45, 7) is 10.6. The van der Waals surface area contributed by atoms with E-state index in [0.717, 1.165) is 30.0 Å². The van der Waals surface area contributed by atoms with Crippen LogP contribution in [0.5, 0.6) is 0 Å². The number of carbonyl (C=O) groups is 1. The topological polar surface area (TPSA) is 79.2 Å². The van der Waals surface area contributed by atoms with Crippen molar-refractivity contribution < 1.29 is 9.90 Å². The minimum absolute atomic E-state index is 0.0520. The average molecular weight is 282 g/mol. The molecule has 6 heteroatoms. The van der Waals surface area contributed by atoms with E-state index in [4.69, 9.17) is 5.11 Å². The molecule has 0 spiro atoms. The summed E-state index contributed by atoms with van der Waals surface area (Å²) >= 11 is 0. The van der Waals surface area contributed by atoms with Crippen LogP contribution in [0.3, 0.4) is 0 Å². The van der Waals surface area contributed by atoms with Crippen LogP contribution in [0.2, 0.25) is 0 Å². The van der Waals surface area contributed by atoms with Crippen molar-refractivity contribution in [2.24, 2.45) is 0 Å². The van der Waals surface area contributed by atoms with E-state index in [0.29, 0.717) is 6.42 Å². The Hall–Kier alpha value is -1.56. The third-order valence-corrected chi connectivity index (χ3v) is 3.78. The maximum atomic E-state index is 12.1. The molecule has 0 aromatic carbocycles. The minimum Gasteiger partial charge on any atom is -0.396 e. The zero-order chi connectivity index (χ0) is 15.3. The third-order valence-electron chi connectivity index (χ3n) is 3.78. The molecule has 0 aliphatic heterocycles. The van der Waals surface area contributed by atoms with Crippen LogP contribution < -0.4 is 10.6 Å². The Morgan fingerprint density at radius 3 is 2.50 bits per heavy atom. The average Bonchev–Trinajstić information content (AvgIpc) is 2.66. The van der Waals surface area contributed by atoms with Gasteiger partial charge in [-0.25, -0.2) is 4.79 Å². The fourth-order valence-electron chi connectivity index (χ4n) is 2.18. The van der Waals surface area contributed by atoms with Gasteiger partial charge in [-0.15, -0.1) is 0 Å². The van der Waals surface area contributed by atoms with E-state index in [2.05, 4.69) is 15.7 Å². The highest BCUT2D eigenvalue weighted by Crippen LogP contribution is 2.20. The molecule has 0 bridgehead atoms. The molecular weight excluding hydrogens is 256 g/mol. The molecule has 1 aromatic rings. The van der Waals surface area contributed by atoms with Gasteiger partial charge in [-0.3, -0.25) is 4.68 Å². The molecule has 0 aliphatic rings. The van der Waals surface area contributed by atoms with E-state index in [1.165, 1.54) is 0 Å². The molecule has 0 saturated carbocycles. The summed E-state index contributed by atoms with van der Waals surface area (Å²) in [7, 11) is 0. The first-order chi connectivity index (χ1) is 9.36. The van der Waals surface area contributed by atoms with E-state index in [1.54, 1.807) is 0 Å². The zero-order valence-electron chi connectivity index (χ0n) is 13.1. The highest BCUT2D eigenvalue weighted by molar-refractivity contribution is 5.91. The van der Waals surface area contributed by atoms with Gasteiger partial charge in [0.05, 0.1) is 17.1 Å². The van der Waals surface area contributed by atoms with Crippen molar-refractivity contribution in [2.45, 2.75) is 59.5 Å². The predicted octanol–water partition coefficient (Wildman–Crippen LogP) is 2.19. The number of hydrogen-bond donors (Lipinski definition) is 3. The number of aryl methyl sites for hydroxylation is 2. The molecule has 1 atom stereocenters. The fourth-order valence-corrected chi connectivity index (χ4v) is 2.18. The van der Waals surface area contributed by atoms with Crippen molar-refractivity contribution in [3.05, 3.63) is 11.4 Å². The normalized spacial score (nSPS) is 13.9. The number of aliphatic hydroxyl groups is 1. The standard InChI is InChI=1S/C14H26N4O2/c1-6-14(5,8-9-19)16-13(20)15-12-10(3)17-18(7-2)11(12)4/h19H,6-9H2,1-5H3,(H2,15,16,20). The quantitative estimate of drug-likeness (QED) is 0.748. The van der Waals surface area contributed by atoms with Crippen LogP contribution in [-0.2, 0) is 6.54 Å². The predicted molar refractivity (Wildman–Crippen MR) is 79.9 cm³/mol. The number of rotatable bonds is 6. The molecule has 1 heterocycles. The number of anilines is 1. The first kappa shape index (κ1) is 16.5. The minimum atomic E-state index is -0.401. The molecule has 6 nitrogen and oxygen atoms in total.